The number of nitrogens with one attached hydrogen (secondary N) is 1. The number of thiophene rings is 1. The van der Waals surface area contributed by atoms with Crippen LogP contribution in [0.1, 0.15) is 15.2 Å². The second-order valence-electron chi connectivity index (χ2n) is 6.08. The second-order valence-corrected chi connectivity index (χ2v) is 7.44. The number of fused-ring (bicyclic) bond motifs is 1. The summed E-state index contributed by atoms with van der Waals surface area (Å²) in [6.45, 7) is -0.191. The van der Waals surface area contributed by atoms with Crippen LogP contribution < -0.4 is 15.0 Å². The lowest BCUT2D eigenvalue weighted by atomic mass is 10.1. The fraction of sp³-hybridized carbons (Fsp3) is 0.100. The number of hydrogen-bond acceptors (Lipinski definition) is 4. The average Bonchev–Trinajstić information content (AvgIpc) is 3.21. The van der Waals surface area contributed by atoms with Gasteiger partial charge >= 0.3 is 0 Å². The molecule has 5 nitrogen and oxygen atoms in total. The van der Waals surface area contributed by atoms with Gasteiger partial charge in [0.2, 0.25) is 0 Å². The van der Waals surface area contributed by atoms with Crippen molar-refractivity contribution in [3.05, 3.63) is 75.2 Å². The molecule has 8 heteroatoms. The Morgan fingerprint density at radius 1 is 1.25 bits per heavy atom. The molecule has 0 fully saturated rings. The molecule has 3 aromatic rings. The summed E-state index contributed by atoms with van der Waals surface area (Å²) in [6.07, 6.45) is 0. The summed E-state index contributed by atoms with van der Waals surface area (Å²) < 4.78 is 19.7. The smallest absolute Gasteiger partial charge is 0.265 e. The first-order valence-corrected chi connectivity index (χ1v) is 9.63. The Hall–Kier alpha value is -2.90. The Bertz CT molecular complexity index is 1040. The Balaban J connectivity index is 1.65. The van der Waals surface area contributed by atoms with Crippen LogP contribution in [0, 0.1) is 5.82 Å². The van der Waals surface area contributed by atoms with Gasteiger partial charge in [-0.1, -0.05) is 23.7 Å². The largest absolute Gasteiger partial charge is 0.482 e. The number of anilines is 2. The van der Waals surface area contributed by atoms with E-state index in [1.54, 1.807) is 36.4 Å². The van der Waals surface area contributed by atoms with Gasteiger partial charge in [-0.2, -0.15) is 0 Å². The van der Waals surface area contributed by atoms with Crippen molar-refractivity contribution in [2.24, 2.45) is 0 Å². The third kappa shape index (κ3) is 3.58. The number of amides is 2. The third-order valence-electron chi connectivity index (χ3n) is 4.28. The van der Waals surface area contributed by atoms with Crippen molar-refractivity contribution in [1.29, 1.82) is 0 Å². The predicted octanol–water partition coefficient (Wildman–Crippen LogP) is 4.72. The number of carbonyl (C=O) groups is 2. The lowest BCUT2D eigenvalue weighted by Gasteiger charge is -2.30. The van der Waals surface area contributed by atoms with Crippen molar-refractivity contribution in [2.45, 2.75) is 6.54 Å². The number of ether oxygens (including phenoxy) is 1. The fourth-order valence-electron chi connectivity index (χ4n) is 2.90. The van der Waals surface area contributed by atoms with E-state index in [4.69, 9.17) is 16.3 Å². The molecule has 0 bridgehead atoms. The van der Waals surface area contributed by atoms with Crippen molar-refractivity contribution in [1.82, 2.24) is 0 Å². The van der Waals surface area contributed by atoms with E-state index < -0.39 is 5.82 Å². The minimum Gasteiger partial charge on any atom is -0.482 e. The molecule has 0 saturated heterocycles. The van der Waals surface area contributed by atoms with E-state index in [9.17, 15) is 14.0 Å². The van der Waals surface area contributed by atoms with Crippen LogP contribution in [0.15, 0.2) is 53.9 Å². The van der Waals surface area contributed by atoms with Gasteiger partial charge in [-0.25, -0.2) is 4.39 Å². The standard InChI is InChI=1S/C20H14ClFN2O3S/c21-14-3-1-4-15(22)13(14)10-24-16-9-12(6-7-17(16)27-11-19(24)25)23-20(26)18-5-2-8-28-18/h1-9H,10-11H2,(H,23,26). The number of carbonyl (C=O) groups excluding carboxylic acids is 2. The van der Waals surface area contributed by atoms with Gasteiger partial charge in [-0.3, -0.25) is 9.59 Å². The van der Waals surface area contributed by atoms with E-state index in [0.717, 1.165) is 0 Å². The zero-order chi connectivity index (χ0) is 19.7. The molecule has 1 aromatic heterocycles. The zero-order valence-corrected chi connectivity index (χ0v) is 16.0. The Labute approximate surface area is 169 Å². The van der Waals surface area contributed by atoms with Crippen molar-refractivity contribution in [2.75, 3.05) is 16.8 Å². The first kappa shape index (κ1) is 18.5. The molecule has 0 aliphatic carbocycles. The number of nitrogens with zero attached hydrogens (tertiary/aromatic N) is 1. The molecule has 2 heterocycles. The van der Waals surface area contributed by atoms with Gasteiger partial charge in [-0.15, -0.1) is 11.3 Å². The maximum atomic E-state index is 14.2. The van der Waals surface area contributed by atoms with Crippen LogP contribution in [0.4, 0.5) is 15.8 Å². The lowest BCUT2D eigenvalue weighted by molar-refractivity contribution is -0.121. The molecule has 0 atom stereocenters. The Kier molecular flexibility index (Phi) is 5.02. The van der Waals surface area contributed by atoms with Gasteiger partial charge in [0.1, 0.15) is 11.6 Å². The van der Waals surface area contributed by atoms with Crippen LogP contribution in [0.2, 0.25) is 5.02 Å². The summed E-state index contributed by atoms with van der Waals surface area (Å²) >= 11 is 7.44. The van der Waals surface area contributed by atoms with Crippen molar-refractivity contribution < 1.29 is 18.7 Å². The molecule has 0 radical (unpaired) electrons. The van der Waals surface area contributed by atoms with E-state index in [0.29, 0.717) is 22.0 Å². The maximum absolute atomic E-state index is 14.2. The van der Waals surface area contributed by atoms with Crippen LogP contribution in [0.25, 0.3) is 0 Å². The molecule has 1 aliphatic heterocycles. The highest BCUT2D eigenvalue weighted by Crippen LogP contribution is 2.36. The number of benzene rings is 2. The molecule has 2 amide bonds. The normalized spacial score (nSPS) is 13.1. The van der Waals surface area contributed by atoms with Gasteiger partial charge in [0.15, 0.2) is 6.61 Å². The number of hydrogen-bond donors (Lipinski definition) is 1. The van der Waals surface area contributed by atoms with Crippen LogP contribution in [0.3, 0.4) is 0 Å². The average molecular weight is 417 g/mol. The fourth-order valence-corrected chi connectivity index (χ4v) is 3.74. The highest BCUT2D eigenvalue weighted by Gasteiger charge is 2.27. The second kappa shape index (κ2) is 7.61. The molecule has 2 aromatic carbocycles. The van der Waals surface area contributed by atoms with E-state index in [2.05, 4.69) is 5.32 Å². The molecular weight excluding hydrogens is 403 g/mol. The molecule has 28 heavy (non-hydrogen) atoms. The highest BCUT2D eigenvalue weighted by molar-refractivity contribution is 7.12. The summed E-state index contributed by atoms with van der Waals surface area (Å²) in [4.78, 5) is 26.7. The number of rotatable bonds is 4. The predicted molar refractivity (Wildman–Crippen MR) is 107 cm³/mol. The zero-order valence-electron chi connectivity index (χ0n) is 14.4. The summed E-state index contributed by atoms with van der Waals surface area (Å²) in [5, 5.41) is 4.85. The monoisotopic (exact) mass is 416 g/mol. The first-order chi connectivity index (χ1) is 13.5. The van der Waals surface area contributed by atoms with E-state index in [-0.39, 0.29) is 35.6 Å². The summed E-state index contributed by atoms with van der Waals surface area (Å²) in [5.41, 5.74) is 1.16. The minimum absolute atomic E-state index is 0.0387. The van der Waals surface area contributed by atoms with Gasteiger partial charge in [-0.05, 0) is 41.8 Å². The quantitative estimate of drug-likeness (QED) is 0.669. The van der Waals surface area contributed by atoms with Crippen molar-refractivity contribution >= 4 is 46.1 Å². The molecular formula is C20H14ClFN2O3S. The van der Waals surface area contributed by atoms with Gasteiger partial charge in [0.05, 0.1) is 17.1 Å². The van der Waals surface area contributed by atoms with Crippen LogP contribution in [-0.4, -0.2) is 18.4 Å². The lowest BCUT2D eigenvalue weighted by Crippen LogP contribution is -2.38. The SMILES string of the molecule is O=C(Nc1ccc2c(c1)N(Cc1c(F)cccc1Cl)C(=O)CO2)c1cccs1. The molecule has 1 aliphatic rings. The van der Waals surface area contributed by atoms with Crippen LogP contribution in [-0.2, 0) is 11.3 Å². The molecule has 4 rings (SSSR count). The molecule has 1 N–H and O–H groups in total. The molecule has 0 saturated carbocycles. The van der Waals surface area contributed by atoms with Crippen LogP contribution in [0.5, 0.6) is 5.75 Å². The van der Waals surface area contributed by atoms with Crippen molar-refractivity contribution in [3.63, 3.8) is 0 Å². The van der Waals surface area contributed by atoms with Gasteiger partial charge in [0.25, 0.3) is 11.8 Å². The topological polar surface area (TPSA) is 58.6 Å². The summed E-state index contributed by atoms with van der Waals surface area (Å²) in [5.74, 6) is -0.591. The molecule has 142 valence electrons. The summed E-state index contributed by atoms with van der Waals surface area (Å²) in [7, 11) is 0. The maximum Gasteiger partial charge on any atom is 0.265 e. The number of halogens is 2. The third-order valence-corrected chi connectivity index (χ3v) is 5.51. The van der Waals surface area contributed by atoms with E-state index >= 15 is 0 Å². The highest BCUT2D eigenvalue weighted by atomic mass is 35.5. The van der Waals surface area contributed by atoms with Gasteiger partial charge in [0, 0.05) is 16.3 Å². The van der Waals surface area contributed by atoms with Crippen molar-refractivity contribution in [3.8, 4) is 5.75 Å². The van der Waals surface area contributed by atoms with E-state index in [1.807, 2.05) is 5.38 Å². The Morgan fingerprint density at radius 3 is 2.86 bits per heavy atom. The van der Waals surface area contributed by atoms with Gasteiger partial charge < -0.3 is 15.0 Å². The van der Waals surface area contributed by atoms with Crippen LogP contribution >= 0.6 is 22.9 Å². The molecule has 0 spiro atoms. The molecule has 0 unspecified atom stereocenters. The first-order valence-electron chi connectivity index (χ1n) is 8.38. The van der Waals surface area contributed by atoms with E-state index in [1.165, 1.54) is 28.4 Å². The minimum atomic E-state index is -0.490. The Morgan fingerprint density at radius 2 is 2.11 bits per heavy atom. The summed E-state index contributed by atoms with van der Waals surface area (Å²) in [6, 6.07) is 12.9.